The highest BCUT2D eigenvalue weighted by Gasteiger charge is 2.17. The molecular formula is C13H19N3O4. The highest BCUT2D eigenvalue weighted by Crippen LogP contribution is 2.25. The maximum Gasteiger partial charge on any atom is 0.292 e. The van der Waals surface area contributed by atoms with Gasteiger partial charge in [-0.15, -0.1) is 0 Å². The number of hydrogen-bond acceptors (Lipinski definition) is 5. The molecule has 0 saturated heterocycles. The average molecular weight is 281 g/mol. The van der Waals surface area contributed by atoms with Crippen LogP contribution in [0.1, 0.15) is 24.2 Å². The third-order valence-corrected chi connectivity index (χ3v) is 2.78. The number of carbonyl (C=O) groups excluding carboxylic acids is 1. The van der Waals surface area contributed by atoms with Crippen molar-refractivity contribution in [1.82, 2.24) is 5.32 Å². The highest BCUT2D eigenvalue weighted by molar-refractivity contribution is 5.95. The maximum absolute atomic E-state index is 11.7. The van der Waals surface area contributed by atoms with Crippen molar-refractivity contribution in [3.8, 4) is 0 Å². The Labute approximate surface area is 117 Å². The van der Waals surface area contributed by atoms with Crippen molar-refractivity contribution in [2.24, 2.45) is 0 Å². The fourth-order valence-electron chi connectivity index (χ4n) is 1.58. The molecule has 0 saturated carbocycles. The Kier molecular flexibility index (Phi) is 5.92. The van der Waals surface area contributed by atoms with E-state index in [9.17, 15) is 14.9 Å². The number of hydrogen-bond donors (Lipinski definition) is 2. The molecule has 1 amide bonds. The molecule has 7 heteroatoms. The fourth-order valence-corrected chi connectivity index (χ4v) is 1.58. The molecule has 1 atom stereocenters. The lowest BCUT2D eigenvalue weighted by molar-refractivity contribution is -0.384. The summed E-state index contributed by atoms with van der Waals surface area (Å²) in [6, 6.07) is 4.24. The number of nitro benzene ring substituents is 1. The zero-order valence-electron chi connectivity index (χ0n) is 11.8. The van der Waals surface area contributed by atoms with Crippen LogP contribution in [0.25, 0.3) is 0 Å². The SMILES string of the molecule is CCNC(=O)c1ccc([N+](=O)[O-])c(NCC(C)OC)c1. The number of methoxy groups -OCH3 is 1. The molecular weight excluding hydrogens is 262 g/mol. The van der Waals surface area contributed by atoms with Crippen molar-refractivity contribution >= 4 is 17.3 Å². The second-order valence-corrected chi connectivity index (χ2v) is 4.28. The first-order chi connectivity index (χ1) is 9.49. The number of ether oxygens (including phenoxy) is 1. The average Bonchev–Trinajstić information content (AvgIpc) is 2.44. The smallest absolute Gasteiger partial charge is 0.292 e. The van der Waals surface area contributed by atoms with Gasteiger partial charge >= 0.3 is 0 Å². The predicted octanol–water partition coefficient (Wildman–Crippen LogP) is 1.79. The van der Waals surface area contributed by atoms with Crippen LogP contribution in [0.4, 0.5) is 11.4 Å². The molecule has 1 aromatic carbocycles. The van der Waals surface area contributed by atoms with Crippen LogP contribution in [0.5, 0.6) is 0 Å². The van der Waals surface area contributed by atoms with Crippen LogP contribution in [0, 0.1) is 10.1 Å². The van der Waals surface area contributed by atoms with Crippen LogP contribution in [-0.2, 0) is 4.74 Å². The molecule has 0 radical (unpaired) electrons. The Morgan fingerprint density at radius 3 is 2.75 bits per heavy atom. The van der Waals surface area contributed by atoms with E-state index in [4.69, 9.17) is 4.74 Å². The third-order valence-electron chi connectivity index (χ3n) is 2.78. The molecule has 0 aliphatic heterocycles. The van der Waals surface area contributed by atoms with E-state index in [1.807, 2.05) is 13.8 Å². The fraction of sp³-hybridized carbons (Fsp3) is 0.462. The van der Waals surface area contributed by atoms with Gasteiger partial charge in [0.15, 0.2) is 0 Å². The number of nitrogens with zero attached hydrogens (tertiary/aromatic N) is 1. The molecule has 2 N–H and O–H groups in total. The Hall–Kier alpha value is -2.15. The number of amides is 1. The summed E-state index contributed by atoms with van der Waals surface area (Å²) >= 11 is 0. The minimum Gasteiger partial charge on any atom is -0.380 e. The molecule has 0 aromatic heterocycles. The van der Waals surface area contributed by atoms with E-state index in [1.54, 1.807) is 7.11 Å². The number of benzene rings is 1. The molecule has 0 bridgehead atoms. The highest BCUT2D eigenvalue weighted by atomic mass is 16.6. The Morgan fingerprint density at radius 1 is 1.50 bits per heavy atom. The number of rotatable bonds is 7. The van der Waals surface area contributed by atoms with Crippen LogP contribution in [0.2, 0.25) is 0 Å². The Morgan fingerprint density at radius 2 is 2.20 bits per heavy atom. The molecule has 1 aromatic rings. The lowest BCUT2D eigenvalue weighted by Crippen LogP contribution is -2.23. The standard InChI is InChI=1S/C13H19N3O4/c1-4-14-13(17)10-5-6-12(16(18)19)11(7-10)15-8-9(2)20-3/h5-7,9,15H,4,8H2,1-3H3,(H,14,17). The monoisotopic (exact) mass is 281 g/mol. The number of anilines is 1. The molecule has 7 nitrogen and oxygen atoms in total. The van der Waals surface area contributed by atoms with E-state index in [1.165, 1.54) is 18.2 Å². The lowest BCUT2D eigenvalue weighted by atomic mass is 10.1. The topological polar surface area (TPSA) is 93.5 Å². The first-order valence-electron chi connectivity index (χ1n) is 6.32. The summed E-state index contributed by atoms with van der Waals surface area (Å²) in [5.74, 6) is -0.259. The van der Waals surface area contributed by atoms with Gasteiger partial charge in [-0.2, -0.15) is 0 Å². The minimum atomic E-state index is -0.485. The zero-order valence-corrected chi connectivity index (χ0v) is 11.8. The van der Waals surface area contributed by atoms with E-state index in [2.05, 4.69) is 10.6 Å². The summed E-state index contributed by atoms with van der Waals surface area (Å²) in [5.41, 5.74) is 0.619. The molecule has 1 unspecified atom stereocenters. The number of nitrogens with one attached hydrogen (secondary N) is 2. The summed E-state index contributed by atoms with van der Waals surface area (Å²) in [7, 11) is 1.56. The van der Waals surface area contributed by atoms with Crippen molar-refractivity contribution in [3.63, 3.8) is 0 Å². The van der Waals surface area contributed by atoms with E-state index >= 15 is 0 Å². The zero-order chi connectivity index (χ0) is 15.1. The van der Waals surface area contributed by atoms with Crippen LogP contribution < -0.4 is 10.6 Å². The van der Waals surface area contributed by atoms with Crippen molar-refractivity contribution in [2.75, 3.05) is 25.5 Å². The van der Waals surface area contributed by atoms with E-state index < -0.39 is 4.92 Å². The van der Waals surface area contributed by atoms with E-state index in [-0.39, 0.29) is 17.7 Å². The first kappa shape index (κ1) is 15.9. The molecule has 110 valence electrons. The Balaban J connectivity index is 2.99. The van der Waals surface area contributed by atoms with Gasteiger partial charge in [0.25, 0.3) is 11.6 Å². The van der Waals surface area contributed by atoms with Gasteiger partial charge < -0.3 is 15.4 Å². The van der Waals surface area contributed by atoms with Gasteiger partial charge in [0.1, 0.15) is 5.69 Å². The van der Waals surface area contributed by atoms with Gasteiger partial charge in [-0.1, -0.05) is 0 Å². The molecule has 0 fully saturated rings. The molecule has 0 aliphatic carbocycles. The van der Waals surface area contributed by atoms with Gasteiger partial charge in [0, 0.05) is 31.8 Å². The summed E-state index contributed by atoms with van der Waals surface area (Å²) in [5, 5.41) is 16.6. The van der Waals surface area contributed by atoms with Crippen LogP contribution in [-0.4, -0.2) is 37.1 Å². The number of nitro groups is 1. The summed E-state index contributed by atoms with van der Waals surface area (Å²) in [6.07, 6.45) is -0.0947. The third kappa shape index (κ3) is 4.20. The predicted molar refractivity (Wildman–Crippen MR) is 76.1 cm³/mol. The number of carbonyl (C=O) groups is 1. The second-order valence-electron chi connectivity index (χ2n) is 4.28. The van der Waals surface area contributed by atoms with Crippen molar-refractivity contribution in [2.45, 2.75) is 20.0 Å². The summed E-state index contributed by atoms with van der Waals surface area (Å²) in [4.78, 5) is 22.2. The Bertz CT molecular complexity index is 491. The van der Waals surface area contributed by atoms with Crippen LogP contribution in [0.15, 0.2) is 18.2 Å². The van der Waals surface area contributed by atoms with Crippen LogP contribution in [0.3, 0.4) is 0 Å². The minimum absolute atomic E-state index is 0.0682. The molecule has 0 aliphatic rings. The summed E-state index contributed by atoms with van der Waals surface area (Å²) < 4.78 is 5.08. The lowest BCUT2D eigenvalue weighted by Gasteiger charge is -2.13. The molecule has 20 heavy (non-hydrogen) atoms. The van der Waals surface area contributed by atoms with Gasteiger partial charge in [-0.25, -0.2) is 0 Å². The van der Waals surface area contributed by atoms with Gasteiger partial charge in [0.05, 0.1) is 11.0 Å². The van der Waals surface area contributed by atoms with Gasteiger partial charge in [0.2, 0.25) is 0 Å². The molecule has 0 heterocycles. The summed E-state index contributed by atoms with van der Waals surface area (Å²) in [6.45, 7) is 4.56. The quantitative estimate of drug-likeness (QED) is 0.587. The largest absolute Gasteiger partial charge is 0.380 e. The second kappa shape index (κ2) is 7.44. The van der Waals surface area contributed by atoms with E-state index in [0.29, 0.717) is 24.3 Å². The van der Waals surface area contributed by atoms with Crippen LogP contribution >= 0.6 is 0 Å². The molecule has 1 rings (SSSR count). The molecule has 0 spiro atoms. The van der Waals surface area contributed by atoms with Crippen molar-refractivity contribution in [1.29, 1.82) is 0 Å². The van der Waals surface area contributed by atoms with Gasteiger partial charge in [-0.05, 0) is 26.0 Å². The normalized spacial score (nSPS) is 11.8. The maximum atomic E-state index is 11.7. The van der Waals surface area contributed by atoms with Gasteiger partial charge in [-0.3, -0.25) is 14.9 Å². The van der Waals surface area contributed by atoms with Crippen molar-refractivity contribution < 1.29 is 14.5 Å². The first-order valence-corrected chi connectivity index (χ1v) is 6.32. The van der Waals surface area contributed by atoms with E-state index in [0.717, 1.165) is 0 Å². The van der Waals surface area contributed by atoms with Crippen molar-refractivity contribution in [3.05, 3.63) is 33.9 Å².